The molecule has 1 aromatic carbocycles. The first kappa shape index (κ1) is 15.2. The molecule has 20 heavy (non-hydrogen) atoms. The third-order valence-electron chi connectivity index (χ3n) is 3.78. The summed E-state index contributed by atoms with van der Waals surface area (Å²) in [6.07, 6.45) is 2.08. The molecule has 108 valence electrons. The molecule has 2 N–H and O–H groups in total. The molecule has 2 rings (SSSR count). The molecule has 0 bridgehead atoms. The predicted molar refractivity (Wildman–Crippen MR) is 88.2 cm³/mol. The molecule has 1 aromatic heterocycles. The van der Waals surface area contributed by atoms with Crippen molar-refractivity contribution in [1.82, 2.24) is 4.90 Å². The van der Waals surface area contributed by atoms with Crippen molar-refractivity contribution in [2.24, 2.45) is 5.73 Å². The van der Waals surface area contributed by atoms with Gasteiger partial charge in [0.05, 0.1) is 0 Å². The Morgan fingerprint density at radius 1 is 1.15 bits per heavy atom. The highest BCUT2D eigenvalue weighted by Gasteiger charge is 2.12. The monoisotopic (exact) mass is 288 g/mol. The summed E-state index contributed by atoms with van der Waals surface area (Å²) in [6.45, 7) is 4.00. The Morgan fingerprint density at radius 3 is 2.55 bits per heavy atom. The Hall–Kier alpha value is -1.16. The van der Waals surface area contributed by atoms with Gasteiger partial charge in [-0.1, -0.05) is 30.3 Å². The first-order valence-corrected chi connectivity index (χ1v) is 8.08. The van der Waals surface area contributed by atoms with Crippen molar-refractivity contribution in [3.8, 4) is 0 Å². The van der Waals surface area contributed by atoms with Gasteiger partial charge in [0.15, 0.2) is 0 Å². The molecule has 0 amide bonds. The molecule has 0 aliphatic heterocycles. The van der Waals surface area contributed by atoms with Crippen molar-refractivity contribution >= 4 is 11.3 Å². The highest BCUT2D eigenvalue weighted by Crippen LogP contribution is 2.17. The number of benzene rings is 1. The lowest BCUT2D eigenvalue weighted by Crippen LogP contribution is -2.30. The average molecular weight is 288 g/mol. The molecule has 1 heterocycles. The third kappa shape index (κ3) is 4.17. The van der Waals surface area contributed by atoms with Crippen LogP contribution in [0.1, 0.15) is 22.9 Å². The highest BCUT2D eigenvalue weighted by atomic mass is 32.1. The fourth-order valence-corrected chi connectivity index (χ4v) is 3.24. The van der Waals surface area contributed by atoms with E-state index in [0.29, 0.717) is 12.6 Å². The molecular formula is C17H24N2S. The van der Waals surface area contributed by atoms with Gasteiger partial charge in [0.1, 0.15) is 0 Å². The summed E-state index contributed by atoms with van der Waals surface area (Å²) in [5.41, 5.74) is 8.48. The third-order valence-corrected chi connectivity index (χ3v) is 4.68. The largest absolute Gasteiger partial charge is 0.330 e. The highest BCUT2D eigenvalue weighted by molar-refractivity contribution is 7.09. The molecule has 0 saturated heterocycles. The topological polar surface area (TPSA) is 29.3 Å². The van der Waals surface area contributed by atoms with Crippen molar-refractivity contribution in [2.75, 3.05) is 13.6 Å². The summed E-state index contributed by atoms with van der Waals surface area (Å²) in [6, 6.07) is 13.5. The maximum Gasteiger partial charge on any atom is 0.0236 e. The smallest absolute Gasteiger partial charge is 0.0236 e. The van der Waals surface area contributed by atoms with E-state index in [4.69, 9.17) is 5.73 Å². The lowest BCUT2D eigenvalue weighted by molar-refractivity contribution is 0.248. The summed E-state index contributed by atoms with van der Waals surface area (Å²) in [4.78, 5) is 3.88. The van der Waals surface area contributed by atoms with E-state index in [1.54, 1.807) is 0 Å². The van der Waals surface area contributed by atoms with E-state index < -0.39 is 0 Å². The van der Waals surface area contributed by atoms with Crippen LogP contribution in [0.25, 0.3) is 0 Å². The standard InChI is InChI=1S/C17H24N2S/c1-14(12-17-8-5-11-20-17)19(2)13-16-7-4-3-6-15(16)9-10-18/h3-8,11,14H,9-10,12-13,18H2,1-2H3. The number of likely N-dealkylation sites (N-methyl/N-ethyl adjacent to an activating group) is 1. The molecule has 0 aliphatic rings. The summed E-state index contributed by atoms with van der Waals surface area (Å²) in [5, 5.41) is 2.15. The Morgan fingerprint density at radius 2 is 1.90 bits per heavy atom. The minimum Gasteiger partial charge on any atom is -0.330 e. The molecule has 1 atom stereocenters. The zero-order valence-electron chi connectivity index (χ0n) is 12.4. The van der Waals surface area contributed by atoms with E-state index in [1.165, 1.54) is 16.0 Å². The molecule has 0 spiro atoms. The molecule has 3 heteroatoms. The lowest BCUT2D eigenvalue weighted by Gasteiger charge is -2.25. The molecule has 0 fully saturated rings. The molecule has 0 aliphatic carbocycles. The van der Waals surface area contributed by atoms with Crippen molar-refractivity contribution in [2.45, 2.75) is 32.4 Å². The predicted octanol–water partition coefficient (Wildman–Crippen LogP) is 3.31. The van der Waals surface area contributed by atoms with Crippen LogP contribution in [0.4, 0.5) is 0 Å². The van der Waals surface area contributed by atoms with Gasteiger partial charge >= 0.3 is 0 Å². The van der Waals surface area contributed by atoms with Gasteiger partial charge in [-0.2, -0.15) is 0 Å². The van der Waals surface area contributed by atoms with Crippen LogP contribution in [0.15, 0.2) is 41.8 Å². The number of nitrogens with zero attached hydrogens (tertiary/aromatic N) is 1. The molecule has 0 radical (unpaired) electrons. The second-order valence-electron chi connectivity index (χ2n) is 5.36. The van der Waals surface area contributed by atoms with E-state index >= 15 is 0 Å². The Kier molecular flexibility index (Phi) is 5.77. The number of hydrogen-bond acceptors (Lipinski definition) is 3. The Labute approximate surface area is 126 Å². The molecule has 2 aromatic rings. The number of rotatable bonds is 7. The van der Waals surface area contributed by atoms with Crippen LogP contribution in [0, 0.1) is 0 Å². The minimum atomic E-state index is 0.541. The first-order chi connectivity index (χ1) is 9.70. The lowest BCUT2D eigenvalue weighted by atomic mass is 10.0. The van der Waals surface area contributed by atoms with Crippen LogP contribution >= 0.6 is 11.3 Å². The normalized spacial score (nSPS) is 12.8. The zero-order valence-corrected chi connectivity index (χ0v) is 13.2. The van der Waals surface area contributed by atoms with Crippen molar-refractivity contribution in [3.63, 3.8) is 0 Å². The summed E-state index contributed by atoms with van der Waals surface area (Å²) >= 11 is 1.84. The second-order valence-corrected chi connectivity index (χ2v) is 6.39. The summed E-state index contributed by atoms with van der Waals surface area (Å²) in [5.74, 6) is 0. The van der Waals surface area contributed by atoms with Crippen LogP contribution < -0.4 is 5.73 Å². The van der Waals surface area contributed by atoms with Gasteiger partial charge in [0.2, 0.25) is 0 Å². The first-order valence-electron chi connectivity index (χ1n) is 7.20. The van der Waals surface area contributed by atoms with Crippen molar-refractivity contribution in [1.29, 1.82) is 0 Å². The minimum absolute atomic E-state index is 0.541. The average Bonchev–Trinajstić information content (AvgIpc) is 2.94. The van der Waals surface area contributed by atoms with Gasteiger partial charge in [-0.15, -0.1) is 11.3 Å². The molecular weight excluding hydrogens is 264 g/mol. The maximum atomic E-state index is 5.70. The fraction of sp³-hybridized carbons (Fsp3) is 0.412. The van der Waals surface area contributed by atoms with Crippen molar-refractivity contribution in [3.05, 3.63) is 57.8 Å². The number of thiophene rings is 1. The van der Waals surface area contributed by atoms with Crippen LogP contribution in [-0.2, 0) is 19.4 Å². The van der Waals surface area contributed by atoms with Crippen molar-refractivity contribution < 1.29 is 0 Å². The van der Waals surface area contributed by atoms with Gasteiger partial charge in [0.25, 0.3) is 0 Å². The van der Waals surface area contributed by atoms with E-state index in [1.807, 2.05) is 11.3 Å². The van der Waals surface area contributed by atoms with Gasteiger partial charge in [0, 0.05) is 17.5 Å². The van der Waals surface area contributed by atoms with Gasteiger partial charge in [-0.25, -0.2) is 0 Å². The Balaban J connectivity index is 1.98. The van der Waals surface area contributed by atoms with E-state index in [2.05, 4.69) is 60.6 Å². The van der Waals surface area contributed by atoms with E-state index in [9.17, 15) is 0 Å². The fourth-order valence-electron chi connectivity index (χ4n) is 2.41. The SMILES string of the molecule is CC(Cc1cccs1)N(C)Cc1ccccc1CCN. The molecule has 2 nitrogen and oxygen atoms in total. The van der Waals surface area contributed by atoms with Crippen LogP contribution in [0.3, 0.4) is 0 Å². The van der Waals surface area contributed by atoms with E-state index in [-0.39, 0.29) is 0 Å². The number of hydrogen-bond donors (Lipinski definition) is 1. The van der Waals surface area contributed by atoms with Crippen LogP contribution in [0.2, 0.25) is 0 Å². The molecule has 1 unspecified atom stereocenters. The second kappa shape index (κ2) is 7.58. The number of nitrogens with two attached hydrogens (primary N) is 1. The maximum absolute atomic E-state index is 5.70. The molecule has 0 saturated carbocycles. The summed E-state index contributed by atoms with van der Waals surface area (Å²) in [7, 11) is 2.21. The summed E-state index contributed by atoms with van der Waals surface area (Å²) < 4.78 is 0. The zero-order chi connectivity index (χ0) is 14.4. The van der Waals surface area contributed by atoms with Crippen LogP contribution in [0.5, 0.6) is 0 Å². The van der Waals surface area contributed by atoms with Gasteiger partial charge in [-0.05, 0) is 55.9 Å². The van der Waals surface area contributed by atoms with Gasteiger partial charge in [-0.3, -0.25) is 4.90 Å². The quantitative estimate of drug-likeness (QED) is 0.847. The van der Waals surface area contributed by atoms with Gasteiger partial charge < -0.3 is 5.73 Å². The van der Waals surface area contributed by atoms with E-state index in [0.717, 1.165) is 19.4 Å². The van der Waals surface area contributed by atoms with Crippen LogP contribution in [-0.4, -0.2) is 24.5 Å². The Bertz CT molecular complexity index is 507.